The standard InChI is InChI=1S/C30H32F2N4O2/c1-17-21(27(35-36(17)3)29(37)30-13-18(14-30)15-30)9-11-38-28-22(5-6-24(31)26(28)32)19-4-7-25-23(12-19)20(16-33-2)8-10-34-25/h4-8,10,12,18,29,33,37H,9,11,13-16H2,1-3H3. The average molecular weight is 519 g/mol. The maximum atomic E-state index is 15.1. The predicted octanol–water partition coefficient (Wildman–Crippen LogP) is 5.40. The number of hydrogen-bond donors (Lipinski definition) is 2. The summed E-state index contributed by atoms with van der Waals surface area (Å²) in [7, 11) is 3.74. The Bertz CT molecular complexity index is 1520. The second kappa shape index (κ2) is 9.43. The number of nitrogens with zero attached hydrogens (tertiary/aromatic N) is 3. The molecular formula is C30H32F2N4O2. The summed E-state index contributed by atoms with van der Waals surface area (Å²) in [6.07, 6.45) is 4.73. The highest BCUT2D eigenvalue weighted by Gasteiger charge is 2.61. The van der Waals surface area contributed by atoms with Crippen molar-refractivity contribution in [2.75, 3.05) is 13.7 Å². The van der Waals surface area contributed by atoms with Gasteiger partial charge in [-0.15, -0.1) is 0 Å². The molecule has 0 radical (unpaired) electrons. The molecule has 3 saturated carbocycles. The van der Waals surface area contributed by atoms with Gasteiger partial charge in [0.05, 0.1) is 17.8 Å². The molecule has 0 spiro atoms. The first-order valence-electron chi connectivity index (χ1n) is 13.1. The number of aliphatic hydroxyl groups is 1. The zero-order chi connectivity index (χ0) is 26.6. The number of aryl methyl sites for hydroxylation is 1. The van der Waals surface area contributed by atoms with Gasteiger partial charge in [0.15, 0.2) is 11.6 Å². The van der Waals surface area contributed by atoms with E-state index in [1.807, 2.05) is 45.3 Å². The Balaban J connectivity index is 1.29. The van der Waals surface area contributed by atoms with Crippen molar-refractivity contribution >= 4 is 10.9 Å². The maximum Gasteiger partial charge on any atom is 0.201 e. The van der Waals surface area contributed by atoms with Gasteiger partial charge in [-0.3, -0.25) is 9.67 Å². The second-order valence-corrected chi connectivity index (χ2v) is 10.9. The molecule has 0 aliphatic heterocycles. The summed E-state index contributed by atoms with van der Waals surface area (Å²) in [6, 6.07) is 10.3. The van der Waals surface area contributed by atoms with Crippen molar-refractivity contribution in [3.8, 4) is 16.9 Å². The number of fused-ring (bicyclic) bond motifs is 1. The van der Waals surface area contributed by atoms with E-state index >= 15 is 4.39 Å². The monoisotopic (exact) mass is 518 g/mol. The first kappa shape index (κ1) is 24.9. The van der Waals surface area contributed by atoms with E-state index in [1.165, 1.54) is 0 Å². The maximum absolute atomic E-state index is 15.1. The highest BCUT2D eigenvalue weighted by molar-refractivity contribution is 5.88. The van der Waals surface area contributed by atoms with Gasteiger partial charge in [-0.25, -0.2) is 4.39 Å². The van der Waals surface area contributed by atoms with Crippen molar-refractivity contribution < 1.29 is 18.6 Å². The van der Waals surface area contributed by atoms with Crippen LogP contribution in [0.3, 0.4) is 0 Å². The molecule has 38 heavy (non-hydrogen) atoms. The van der Waals surface area contributed by atoms with Crippen LogP contribution in [0.1, 0.15) is 47.9 Å². The van der Waals surface area contributed by atoms with E-state index in [2.05, 4.69) is 15.4 Å². The fourth-order valence-electron chi connectivity index (χ4n) is 6.25. The Morgan fingerprint density at radius 1 is 1.18 bits per heavy atom. The molecule has 8 heteroatoms. The summed E-state index contributed by atoms with van der Waals surface area (Å²) < 4.78 is 37.2. The molecular weight excluding hydrogens is 486 g/mol. The molecule has 1 unspecified atom stereocenters. The van der Waals surface area contributed by atoms with Crippen molar-refractivity contribution in [1.29, 1.82) is 0 Å². The van der Waals surface area contributed by atoms with Crippen LogP contribution in [-0.2, 0) is 20.0 Å². The quantitative estimate of drug-likeness (QED) is 0.311. The van der Waals surface area contributed by atoms with Crippen LogP contribution in [0.25, 0.3) is 22.0 Å². The fraction of sp³-hybridized carbons (Fsp3) is 0.400. The molecule has 6 nitrogen and oxygen atoms in total. The molecule has 2 aromatic heterocycles. The number of halogens is 2. The average Bonchev–Trinajstić information content (AvgIpc) is 3.13. The number of aromatic nitrogens is 3. The lowest BCUT2D eigenvalue weighted by atomic mass is 9.42. The van der Waals surface area contributed by atoms with Crippen molar-refractivity contribution in [2.45, 2.75) is 45.3 Å². The van der Waals surface area contributed by atoms with Gasteiger partial charge in [-0.2, -0.15) is 9.49 Å². The zero-order valence-electron chi connectivity index (χ0n) is 21.9. The van der Waals surface area contributed by atoms with Gasteiger partial charge >= 0.3 is 0 Å². The van der Waals surface area contributed by atoms with E-state index in [0.717, 1.165) is 59.0 Å². The molecule has 0 saturated heterocycles. The molecule has 0 amide bonds. The van der Waals surface area contributed by atoms with Crippen LogP contribution < -0.4 is 10.1 Å². The third kappa shape index (κ3) is 3.98. The minimum absolute atomic E-state index is 0.0417. The summed E-state index contributed by atoms with van der Waals surface area (Å²) in [5.74, 6) is -1.34. The van der Waals surface area contributed by atoms with Crippen LogP contribution in [0.2, 0.25) is 0 Å². The number of hydrogen-bond acceptors (Lipinski definition) is 5. The van der Waals surface area contributed by atoms with E-state index in [9.17, 15) is 9.50 Å². The Morgan fingerprint density at radius 3 is 2.68 bits per heavy atom. The summed E-state index contributed by atoms with van der Waals surface area (Å²) in [5.41, 5.74) is 5.58. The highest BCUT2D eigenvalue weighted by Crippen LogP contribution is 2.69. The van der Waals surface area contributed by atoms with Crippen LogP contribution in [0.4, 0.5) is 8.78 Å². The minimum atomic E-state index is -1.01. The summed E-state index contributed by atoms with van der Waals surface area (Å²) in [5, 5.41) is 19.9. The SMILES string of the molecule is CNCc1ccnc2ccc(-c3ccc(F)c(F)c3OCCc3c(C(O)C45CC(C4)C5)nn(C)c3C)cc12. The number of ether oxygens (including phenoxy) is 1. The third-order valence-corrected chi connectivity index (χ3v) is 8.57. The van der Waals surface area contributed by atoms with Gasteiger partial charge < -0.3 is 15.2 Å². The largest absolute Gasteiger partial charge is 0.489 e. The van der Waals surface area contributed by atoms with Crippen LogP contribution in [0.15, 0.2) is 42.6 Å². The highest BCUT2D eigenvalue weighted by atomic mass is 19.2. The Hall–Kier alpha value is -3.36. The fourth-order valence-corrected chi connectivity index (χ4v) is 6.25. The molecule has 1 atom stereocenters. The Morgan fingerprint density at radius 2 is 1.97 bits per heavy atom. The van der Waals surface area contributed by atoms with Gasteiger partial charge in [0.25, 0.3) is 0 Å². The summed E-state index contributed by atoms with van der Waals surface area (Å²) in [4.78, 5) is 4.44. The lowest BCUT2D eigenvalue weighted by Gasteiger charge is -2.63. The number of pyridine rings is 1. The molecule has 198 valence electrons. The van der Waals surface area contributed by atoms with E-state index in [4.69, 9.17) is 4.74 Å². The molecule has 2 aromatic carbocycles. The molecule has 2 heterocycles. The normalized spacial score (nSPS) is 20.7. The van der Waals surface area contributed by atoms with Crippen LogP contribution in [0, 0.1) is 29.9 Å². The molecule has 3 fully saturated rings. The minimum Gasteiger partial charge on any atom is -0.489 e. The van der Waals surface area contributed by atoms with Gasteiger partial charge in [0, 0.05) is 53.8 Å². The molecule has 4 aromatic rings. The van der Waals surface area contributed by atoms with Crippen molar-refractivity contribution in [3.63, 3.8) is 0 Å². The summed E-state index contributed by atoms with van der Waals surface area (Å²) >= 11 is 0. The third-order valence-electron chi connectivity index (χ3n) is 8.57. The van der Waals surface area contributed by atoms with Crippen LogP contribution >= 0.6 is 0 Å². The van der Waals surface area contributed by atoms with Crippen LogP contribution in [0.5, 0.6) is 5.75 Å². The van der Waals surface area contributed by atoms with Crippen molar-refractivity contribution in [2.24, 2.45) is 18.4 Å². The van der Waals surface area contributed by atoms with Crippen molar-refractivity contribution in [1.82, 2.24) is 20.1 Å². The van der Waals surface area contributed by atoms with Gasteiger partial charge in [0.1, 0.15) is 6.10 Å². The molecule has 7 rings (SSSR count). The number of rotatable bonds is 9. The zero-order valence-corrected chi connectivity index (χ0v) is 21.9. The lowest BCUT2D eigenvalue weighted by molar-refractivity contribution is -0.187. The number of nitrogens with one attached hydrogen (secondary N) is 1. The Labute approximate surface area is 220 Å². The second-order valence-electron chi connectivity index (χ2n) is 10.9. The Kier molecular flexibility index (Phi) is 6.19. The number of aliphatic hydroxyl groups excluding tert-OH is 1. The van der Waals surface area contributed by atoms with Crippen molar-refractivity contribution in [3.05, 3.63) is 76.7 Å². The smallest absolute Gasteiger partial charge is 0.201 e. The van der Waals surface area contributed by atoms with E-state index in [-0.39, 0.29) is 17.8 Å². The topological polar surface area (TPSA) is 72.2 Å². The van der Waals surface area contributed by atoms with E-state index in [1.54, 1.807) is 16.9 Å². The van der Waals surface area contributed by atoms with E-state index in [0.29, 0.717) is 29.8 Å². The van der Waals surface area contributed by atoms with Gasteiger partial charge in [-0.1, -0.05) is 6.07 Å². The first-order chi connectivity index (χ1) is 18.3. The summed E-state index contributed by atoms with van der Waals surface area (Å²) in [6.45, 7) is 2.74. The van der Waals surface area contributed by atoms with E-state index < -0.39 is 17.7 Å². The lowest BCUT2D eigenvalue weighted by Crippen LogP contribution is -2.55. The molecule has 2 bridgehead atoms. The number of benzene rings is 2. The van der Waals surface area contributed by atoms with Crippen LogP contribution in [-0.4, -0.2) is 33.5 Å². The first-order valence-corrected chi connectivity index (χ1v) is 13.1. The molecule has 3 aliphatic carbocycles. The molecule has 3 aliphatic rings. The van der Waals surface area contributed by atoms with Gasteiger partial charge in [0.2, 0.25) is 5.82 Å². The van der Waals surface area contributed by atoms with Gasteiger partial charge in [-0.05, 0) is 80.6 Å². The predicted molar refractivity (Wildman–Crippen MR) is 142 cm³/mol. The molecule has 2 N–H and O–H groups in total.